The lowest BCUT2D eigenvalue weighted by Gasteiger charge is -2.09. The van der Waals surface area contributed by atoms with Crippen LogP contribution in [-0.2, 0) is 0 Å². The Labute approximate surface area is 230 Å². The Kier molecular flexibility index (Phi) is 6.21. The van der Waals surface area contributed by atoms with Gasteiger partial charge in [-0.2, -0.15) is 15.4 Å². The Bertz CT molecular complexity index is 2040. The molecule has 0 atom stereocenters. The minimum Gasteiger partial charge on any atom is -0.355 e. The molecule has 0 aliphatic carbocycles. The van der Waals surface area contributed by atoms with E-state index >= 15 is 0 Å². The van der Waals surface area contributed by atoms with Crippen LogP contribution in [0.5, 0.6) is 0 Å². The Morgan fingerprint density at radius 3 is 2.51 bits per heavy atom. The third kappa shape index (κ3) is 4.75. The zero-order valence-electron chi connectivity index (χ0n) is 21.3. The van der Waals surface area contributed by atoms with Gasteiger partial charge >= 0.3 is 5.76 Å². The summed E-state index contributed by atoms with van der Waals surface area (Å²) >= 11 is 0. The van der Waals surface area contributed by atoms with Gasteiger partial charge in [-0.3, -0.25) is 9.59 Å². The lowest BCUT2D eigenvalue weighted by molar-refractivity contribution is 0.101. The van der Waals surface area contributed by atoms with Gasteiger partial charge in [0.1, 0.15) is 11.3 Å². The van der Waals surface area contributed by atoms with Gasteiger partial charge in [0.2, 0.25) is 0 Å². The van der Waals surface area contributed by atoms with Crippen molar-refractivity contribution >= 4 is 34.1 Å². The van der Waals surface area contributed by atoms with Crippen LogP contribution < -0.4 is 16.4 Å². The molecule has 41 heavy (non-hydrogen) atoms. The molecule has 12 nitrogen and oxygen atoms in total. The average Bonchev–Trinajstić information content (AvgIpc) is 3.72. The Morgan fingerprint density at radius 2 is 1.76 bits per heavy atom. The lowest BCUT2D eigenvalue weighted by atomic mass is 10.1. The van der Waals surface area contributed by atoms with E-state index in [1.807, 2.05) is 36.4 Å². The number of anilines is 2. The van der Waals surface area contributed by atoms with E-state index < -0.39 is 17.6 Å². The summed E-state index contributed by atoms with van der Waals surface area (Å²) < 4.78 is 10.1. The molecule has 6 rings (SSSR count). The molecular formula is C29H19N7O5. The molecule has 0 aliphatic heterocycles. The molecule has 0 spiro atoms. The molecule has 0 fully saturated rings. The van der Waals surface area contributed by atoms with E-state index in [1.54, 1.807) is 31.2 Å². The van der Waals surface area contributed by atoms with Crippen LogP contribution in [0.25, 0.3) is 33.6 Å². The molecule has 2 amide bonds. The summed E-state index contributed by atoms with van der Waals surface area (Å²) in [6.45, 7) is 1.69. The fraction of sp³-hybridized carbons (Fsp3) is 0.0345. The van der Waals surface area contributed by atoms with E-state index in [1.165, 1.54) is 18.2 Å². The number of aromatic nitrogens is 4. The highest BCUT2D eigenvalue weighted by Gasteiger charge is 2.23. The van der Waals surface area contributed by atoms with Crippen molar-refractivity contribution in [2.24, 2.45) is 0 Å². The van der Waals surface area contributed by atoms with E-state index in [4.69, 9.17) is 4.52 Å². The maximum absolute atomic E-state index is 13.4. The minimum absolute atomic E-state index is 0.0583. The zero-order valence-corrected chi connectivity index (χ0v) is 21.3. The van der Waals surface area contributed by atoms with Gasteiger partial charge in [-0.25, -0.2) is 4.79 Å². The first-order chi connectivity index (χ1) is 19.9. The summed E-state index contributed by atoms with van der Waals surface area (Å²) in [6, 6.07) is 22.6. The van der Waals surface area contributed by atoms with Gasteiger partial charge in [0.15, 0.2) is 11.6 Å². The molecule has 0 aliphatic rings. The number of benzene rings is 3. The fourth-order valence-corrected chi connectivity index (χ4v) is 4.44. The van der Waals surface area contributed by atoms with Crippen molar-refractivity contribution in [3.05, 3.63) is 106 Å². The van der Waals surface area contributed by atoms with Gasteiger partial charge in [0, 0.05) is 16.5 Å². The SMILES string of the molecule is Cc1noc(-c2ccccc2)c1C(=O)Nc1cccc2cc(C(=O)Nc3ccc(C#N)cc3-c3nc(=O)o[nH]3)[nH]c12. The molecule has 0 saturated carbocycles. The molecule has 4 N–H and O–H groups in total. The second kappa shape index (κ2) is 10.2. The van der Waals surface area contributed by atoms with Gasteiger partial charge in [-0.05, 0) is 37.3 Å². The van der Waals surface area contributed by atoms with Gasteiger partial charge in [0.05, 0.1) is 34.2 Å². The smallest absolute Gasteiger partial charge is 0.355 e. The molecular weight excluding hydrogens is 526 g/mol. The van der Waals surface area contributed by atoms with Gasteiger partial charge in [-0.1, -0.05) is 47.6 Å². The highest BCUT2D eigenvalue weighted by molar-refractivity contribution is 6.13. The van der Waals surface area contributed by atoms with E-state index in [9.17, 15) is 19.6 Å². The first kappa shape index (κ1) is 25.1. The van der Waals surface area contributed by atoms with E-state index in [0.29, 0.717) is 56.0 Å². The van der Waals surface area contributed by atoms with Gasteiger partial charge in [-0.15, -0.1) is 0 Å². The number of rotatable bonds is 6. The first-order valence-corrected chi connectivity index (χ1v) is 12.3. The summed E-state index contributed by atoms with van der Waals surface area (Å²) in [6.07, 6.45) is 0. The summed E-state index contributed by atoms with van der Waals surface area (Å²) in [5, 5.41) is 22.0. The normalized spacial score (nSPS) is 10.8. The van der Waals surface area contributed by atoms with Crippen LogP contribution in [0.3, 0.4) is 0 Å². The number of carbonyl (C=O) groups is 2. The second-order valence-corrected chi connectivity index (χ2v) is 9.00. The number of amides is 2. The molecule has 0 unspecified atom stereocenters. The number of fused-ring (bicyclic) bond motifs is 1. The van der Waals surface area contributed by atoms with Crippen LogP contribution >= 0.6 is 0 Å². The number of hydrogen-bond acceptors (Lipinski definition) is 8. The lowest BCUT2D eigenvalue weighted by Crippen LogP contribution is -2.14. The standard InChI is InChI=1S/C29H19N7O5/c1-15-23(25(40-35-15)17-6-3-2-4-7-17)28(38)33-21-9-5-8-18-13-22(31-24(18)21)27(37)32-20-11-10-16(14-30)12-19(20)26-34-29(39)41-36-26/h2-13,31H,1H3,(H,32,37)(H,33,38)(H,34,36,39). The van der Waals surface area contributed by atoms with Crippen molar-refractivity contribution in [3.63, 3.8) is 0 Å². The Hall–Kier alpha value is -6.22. The molecule has 6 aromatic rings. The number of aryl methyl sites for hydroxylation is 1. The van der Waals surface area contributed by atoms with Crippen LogP contribution in [0.15, 0.2) is 86.6 Å². The number of hydrogen-bond donors (Lipinski definition) is 4. The fourth-order valence-electron chi connectivity index (χ4n) is 4.44. The number of nitriles is 1. The molecule has 3 aromatic heterocycles. The minimum atomic E-state index is -0.845. The molecule has 200 valence electrons. The van der Waals surface area contributed by atoms with Crippen LogP contribution in [0.2, 0.25) is 0 Å². The highest BCUT2D eigenvalue weighted by atomic mass is 16.5. The van der Waals surface area contributed by atoms with Crippen LogP contribution in [0.4, 0.5) is 11.4 Å². The third-order valence-electron chi connectivity index (χ3n) is 6.36. The average molecular weight is 546 g/mol. The largest absolute Gasteiger partial charge is 0.460 e. The third-order valence-corrected chi connectivity index (χ3v) is 6.36. The number of H-pyrrole nitrogens is 2. The second-order valence-electron chi connectivity index (χ2n) is 9.00. The number of aromatic amines is 2. The van der Waals surface area contributed by atoms with Crippen molar-refractivity contribution in [3.8, 4) is 28.8 Å². The van der Waals surface area contributed by atoms with Crippen molar-refractivity contribution < 1.29 is 18.6 Å². The van der Waals surface area contributed by atoms with Crippen LogP contribution in [0.1, 0.15) is 32.1 Å². The predicted octanol–water partition coefficient (Wildman–Crippen LogP) is 4.85. The number of nitrogens with zero attached hydrogens (tertiary/aromatic N) is 3. The summed E-state index contributed by atoms with van der Waals surface area (Å²) in [5.41, 5.74) is 3.53. The summed E-state index contributed by atoms with van der Waals surface area (Å²) in [5.74, 6) is -1.35. The first-order valence-electron chi connectivity index (χ1n) is 12.3. The number of carbonyl (C=O) groups excluding carboxylic acids is 2. The molecule has 0 radical (unpaired) electrons. The maximum atomic E-state index is 13.4. The van der Waals surface area contributed by atoms with Crippen molar-refractivity contribution in [1.82, 2.24) is 20.3 Å². The monoisotopic (exact) mass is 545 g/mol. The van der Waals surface area contributed by atoms with Gasteiger partial charge < -0.3 is 24.7 Å². The van der Waals surface area contributed by atoms with Crippen LogP contribution in [-0.4, -0.2) is 32.1 Å². The number of nitrogens with one attached hydrogen (secondary N) is 4. The highest BCUT2D eigenvalue weighted by Crippen LogP contribution is 2.30. The molecule has 3 aromatic carbocycles. The topological polar surface area (TPSA) is 183 Å². The van der Waals surface area contributed by atoms with Gasteiger partial charge in [0.25, 0.3) is 11.8 Å². The van der Waals surface area contributed by atoms with Crippen LogP contribution in [0, 0.1) is 18.3 Å². The van der Waals surface area contributed by atoms with E-state index in [0.717, 1.165) is 0 Å². The quantitative estimate of drug-likeness (QED) is 0.229. The number of para-hydroxylation sites is 1. The van der Waals surface area contributed by atoms with E-state index in [2.05, 4.69) is 35.4 Å². The molecule has 3 heterocycles. The summed E-state index contributed by atoms with van der Waals surface area (Å²) in [7, 11) is 0. The van der Waals surface area contributed by atoms with E-state index in [-0.39, 0.29) is 11.5 Å². The Balaban J connectivity index is 1.30. The maximum Gasteiger partial charge on any atom is 0.460 e. The van der Waals surface area contributed by atoms with Crippen molar-refractivity contribution in [2.45, 2.75) is 6.92 Å². The van der Waals surface area contributed by atoms with Crippen molar-refractivity contribution in [2.75, 3.05) is 10.6 Å². The summed E-state index contributed by atoms with van der Waals surface area (Å²) in [4.78, 5) is 44.9. The van der Waals surface area contributed by atoms with Crippen molar-refractivity contribution in [1.29, 1.82) is 5.26 Å². The molecule has 0 saturated heterocycles. The Morgan fingerprint density at radius 1 is 0.951 bits per heavy atom. The predicted molar refractivity (Wildman–Crippen MR) is 148 cm³/mol. The zero-order chi connectivity index (χ0) is 28.5. The molecule has 12 heteroatoms. The molecule has 0 bridgehead atoms.